The van der Waals surface area contributed by atoms with Crippen LogP contribution in [0.15, 0.2) is 30.5 Å². The summed E-state index contributed by atoms with van der Waals surface area (Å²) >= 11 is 6.10. The quantitative estimate of drug-likeness (QED) is 0.822. The van der Waals surface area contributed by atoms with Gasteiger partial charge in [-0.25, -0.2) is 0 Å². The summed E-state index contributed by atoms with van der Waals surface area (Å²) in [5, 5.41) is 1.78. The molecule has 2 aromatic rings. The van der Waals surface area contributed by atoms with Crippen molar-refractivity contribution in [3.63, 3.8) is 0 Å². The van der Waals surface area contributed by atoms with Gasteiger partial charge in [-0.2, -0.15) is 0 Å². The van der Waals surface area contributed by atoms with Gasteiger partial charge in [0.25, 0.3) is 0 Å². The summed E-state index contributed by atoms with van der Waals surface area (Å²) in [4.78, 5) is 13.1. The molecule has 1 heterocycles. The average molecular weight is 251 g/mol. The number of halogens is 1. The fraction of sp³-hybridized carbons (Fsp3) is 0.308. The lowest BCUT2D eigenvalue weighted by atomic mass is 10.2. The van der Waals surface area contributed by atoms with Crippen LogP contribution in [0.5, 0.6) is 0 Å². The highest BCUT2D eigenvalue weighted by Gasteiger charge is 2.07. The van der Waals surface area contributed by atoms with Crippen molar-refractivity contribution in [2.24, 2.45) is 0 Å². The number of amides is 1. The van der Waals surface area contributed by atoms with Crippen molar-refractivity contribution in [2.45, 2.75) is 13.0 Å². The van der Waals surface area contributed by atoms with Crippen molar-refractivity contribution in [2.75, 3.05) is 14.1 Å². The molecule has 1 amide bonds. The fourth-order valence-electron chi connectivity index (χ4n) is 1.82. The molecule has 0 saturated carbocycles. The van der Waals surface area contributed by atoms with Gasteiger partial charge in [0, 0.05) is 49.2 Å². The molecule has 0 aliphatic rings. The first kappa shape index (κ1) is 12.0. The molecule has 0 aliphatic carbocycles. The topological polar surface area (TPSA) is 25.2 Å². The van der Waals surface area contributed by atoms with E-state index in [-0.39, 0.29) is 5.91 Å². The first-order chi connectivity index (χ1) is 8.09. The molecule has 0 unspecified atom stereocenters. The summed E-state index contributed by atoms with van der Waals surface area (Å²) in [5.41, 5.74) is 1.07. The van der Waals surface area contributed by atoms with Crippen LogP contribution in [0.2, 0.25) is 5.02 Å². The average Bonchev–Trinajstić information content (AvgIpc) is 2.70. The molecule has 1 aromatic heterocycles. The zero-order valence-corrected chi connectivity index (χ0v) is 10.7. The Morgan fingerprint density at radius 3 is 2.82 bits per heavy atom. The van der Waals surface area contributed by atoms with Crippen LogP contribution in [-0.4, -0.2) is 29.5 Å². The van der Waals surface area contributed by atoms with Gasteiger partial charge >= 0.3 is 0 Å². The van der Waals surface area contributed by atoms with E-state index in [1.165, 1.54) is 0 Å². The van der Waals surface area contributed by atoms with E-state index < -0.39 is 0 Å². The first-order valence-corrected chi connectivity index (χ1v) is 5.91. The highest BCUT2D eigenvalue weighted by molar-refractivity contribution is 6.35. The summed E-state index contributed by atoms with van der Waals surface area (Å²) < 4.78 is 2.06. The predicted octanol–water partition coefficient (Wildman–Crippen LogP) is 2.77. The van der Waals surface area contributed by atoms with Crippen LogP contribution in [0.25, 0.3) is 10.9 Å². The molecule has 1 aromatic carbocycles. The third kappa shape index (κ3) is 2.44. The standard InChI is InChI=1S/C13H15ClN2O/c1-15(2)13(17)7-9-16-8-6-10-11(14)4-3-5-12(10)16/h3-6,8H,7,9H2,1-2H3. The minimum Gasteiger partial charge on any atom is -0.349 e. The van der Waals surface area contributed by atoms with Crippen LogP contribution >= 0.6 is 11.6 Å². The minimum atomic E-state index is 0.133. The smallest absolute Gasteiger partial charge is 0.223 e. The number of hydrogen-bond acceptors (Lipinski definition) is 1. The Morgan fingerprint density at radius 1 is 1.35 bits per heavy atom. The zero-order valence-electron chi connectivity index (χ0n) is 9.98. The van der Waals surface area contributed by atoms with Gasteiger partial charge in [-0.3, -0.25) is 4.79 Å². The summed E-state index contributed by atoms with van der Waals surface area (Å²) in [7, 11) is 3.54. The van der Waals surface area contributed by atoms with Crippen LogP contribution < -0.4 is 0 Å². The van der Waals surface area contributed by atoms with Crippen LogP contribution in [0.4, 0.5) is 0 Å². The van der Waals surface area contributed by atoms with E-state index in [9.17, 15) is 4.79 Å². The van der Waals surface area contributed by atoms with Gasteiger partial charge < -0.3 is 9.47 Å². The largest absolute Gasteiger partial charge is 0.349 e. The number of benzene rings is 1. The summed E-state index contributed by atoms with van der Waals surface area (Å²) in [6, 6.07) is 7.80. The highest BCUT2D eigenvalue weighted by Crippen LogP contribution is 2.24. The minimum absolute atomic E-state index is 0.133. The Hall–Kier alpha value is -1.48. The van der Waals surface area contributed by atoms with Gasteiger partial charge in [0.05, 0.1) is 0 Å². The van der Waals surface area contributed by atoms with Crippen molar-refractivity contribution in [3.8, 4) is 0 Å². The second kappa shape index (κ2) is 4.80. The van der Waals surface area contributed by atoms with E-state index in [0.717, 1.165) is 15.9 Å². The number of aryl methyl sites for hydroxylation is 1. The van der Waals surface area contributed by atoms with E-state index in [4.69, 9.17) is 11.6 Å². The molecular formula is C13H15ClN2O. The van der Waals surface area contributed by atoms with Crippen LogP contribution in [-0.2, 0) is 11.3 Å². The lowest BCUT2D eigenvalue weighted by Crippen LogP contribution is -2.22. The molecule has 0 bridgehead atoms. The van der Waals surface area contributed by atoms with Crippen molar-refractivity contribution in [3.05, 3.63) is 35.5 Å². The molecule has 0 radical (unpaired) electrons. The van der Waals surface area contributed by atoms with E-state index in [1.807, 2.05) is 30.5 Å². The Balaban J connectivity index is 2.20. The molecule has 0 saturated heterocycles. The van der Waals surface area contributed by atoms with Gasteiger partial charge in [-0.1, -0.05) is 17.7 Å². The van der Waals surface area contributed by atoms with Crippen molar-refractivity contribution in [1.29, 1.82) is 0 Å². The molecule has 0 spiro atoms. The Bertz CT molecular complexity index is 545. The lowest BCUT2D eigenvalue weighted by Gasteiger charge is -2.11. The number of carbonyl (C=O) groups is 1. The second-order valence-corrected chi connectivity index (χ2v) is 4.63. The zero-order chi connectivity index (χ0) is 12.4. The first-order valence-electron chi connectivity index (χ1n) is 5.53. The van der Waals surface area contributed by atoms with Gasteiger partial charge in [0.2, 0.25) is 5.91 Å². The Labute approximate surface area is 106 Å². The summed E-state index contributed by atoms with van der Waals surface area (Å²) in [5.74, 6) is 0.133. The third-order valence-corrected chi connectivity index (χ3v) is 3.16. The van der Waals surface area contributed by atoms with Crippen molar-refractivity contribution >= 4 is 28.4 Å². The van der Waals surface area contributed by atoms with Crippen molar-refractivity contribution in [1.82, 2.24) is 9.47 Å². The van der Waals surface area contributed by atoms with E-state index >= 15 is 0 Å². The van der Waals surface area contributed by atoms with Gasteiger partial charge in [0.1, 0.15) is 0 Å². The van der Waals surface area contributed by atoms with Gasteiger partial charge in [0.15, 0.2) is 0 Å². The Morgan fingerprint density at radius 2 is 2.12 bits per heavy atom. The molecule has 0 aliphatic heterocycles. The normalized spacial score (nSPS) is 10.8. The van der Waals surface area contributed by atoms with Crippen molar-refractivity contribution < 1.29 is 4.79 Å². The molecule has 0 N–H and O–H groups in total. The number of carbonyl (C=O) groups excluding carboxylic acids is 1. The monoisotopic (exact) mass is 250 g/mol. The van der Waals surface area contributed by atoms with Crippen LogP contribution in [0.1, 0.15) is 6.42 Å². The number of hydrogen-bond donors (Lipinski definition) is 0. The maximum atomic E-state index is 11.5. The van der Waals surface area contributed by atoms with E-state index in [2.05, 4.69) is 4.57 Å². The molecule has 2 rings (SSSR count). The summed E-state index contributed by atoms with van der Waals surface area (Å²) in [6.07, 6.45) is 2.47. The number of aromatic nitrogens is 1. The second-order valence-electron chi connectivity index (χ2n) is 4.22. The molecular weight excluding hydrogens is 236 g/mol. The maximum absolute atomic E-state index is 11.5. The third-order valence-electron chi connectivity index (χ3n) is 2.83. The highest BCUT2D eigenvalue weighted by atomic mass is 35.5. The predicted molar refractivity (Wildman–Crippen MR) is 70.3 cm³/mol. The SMILES string of the molecule is CN(C)C(=O)CCn1ccc2c(Cl)cccc21. The molecule has 17 heavy (non-hydrogen) atoms. The maximum Gasteiger partial charge on any atom is 0.223 e. The van der Waals surface area contributed by atoms with E-state index in [0.29, 0.717) is 13.0 Å². The molecule has 3 nitrogen and oxygen atoms in total. The molecule has 90 valence electrons. The number of nitrogens with zero attached hydrogens (tertiary/aromatic N) is 2. The lowest BCUT2D eigenvalue weighted by molar-refractivity contribution is -0.128. The Kier molecular flexibility index (Phi) is 3.38. The van der Waals surface area contributed by atoms with Gasteiger partial charge in [-0.05, 0) is 18.2 Å². The van der Waals surface area contributed by atoms with Gasteiger partial charge in [-0.15, -0.1) is 0 Å². The molecule has 0 atom stereocenters. The summed E-state index contributed by atoms with van der Waals surface area (Å²) in [6.45, 7) is 0.681. The van der Waals surface area contributed by atoms with Crippen LogP contribution in [0, 0.1) is 0 Å². The van der Waals surface area contributed by atoms with E-state index in [1.54, 1.807) is 19.0 Å². The molecule has 0 fully saturated rings. The number of rotatable bonds is 3. The number of fused-ring (bicyclic) bond motifs is 1. The molecule has 4 heteroatoms. The fourth-order valence-corrected chi connectivity index (χ4v) is 2.05. The van der Waals surface area contributed by atoms with Crippen LogP contribution in [0.3, 0.4) is 0 Å².